The van der Waals surface area contributed by atoms with Gasteiger partial charge in [0.25, 0.3) is 5.91 Å². The third-order valence-electron chi connectivity index (χ3n) is 5.41. The van der Waals surface area contributed by atoms with Crippen LogP contribution in [0.1, 0.15) is 27.0 Å². The lowest BCUT2D eigenvalue weighted by atomic mass is 9.98. The molecule has 2 aromatic rings. The summed E-state index contributed by atoms with van der Waals surface area (Å²) in [4.78, 5) is 28.4. The summed E-state index contributed by atoms with van der Waals surface area (Å²) < 4.78 is 10.8. The fourth-order valence-corrected chi connectivity index (χ4v) is 3.84. The van der Waals surface area contributed by atoms with Gasteiger partial charge in [0.15, 0.2) is 11.5 Å². The minimum Gasteiger partial charge on any atom is -0.493 e. The number of carbonyl (C=O) groups excluding carboxylic acids is 2. The number of amides is 2. The van der Waals surface area contributed by atoms with Gasteiger partial charge in [0.2, 0.25) is 5.91 Å². The van der Waals surface area contributed by atoms with Crippen LogP contribution >= 0.6 is 0 Å². The lowest BCUT2D eigenvalue weighted by Crippen LogP contribution is -2.36. The molecule has 0 aromatic heterocycles. The molecule has 0 aliphatic carbocycles. The zero-order valence-corrected chi connectivity index (χ0v) is 15.7. The minimum absolute atomic E-state index is 0.0137. The van der Waals surface area contributed by atoms with Gasteiger partial charge in [0, 0.05) is 31.4 Å². The molecule has 0 spiro atoms. The first kappa shape index (κ1) is 17.4. The van der Waals surface area contributed by atoms with Crippen molar-refractivity contribution in [3.05, 3.63) is 52.6 Å². The molecule has 0 unspecified atom stereocenters. The number of hydrogen-bond donors (Lipinski definition) is 0. The topological polar surface area (TPSA) is 59.1 Å². The molecular formula is C21H22N2O4. The highest BCUT2D eigenvalue weighted by atomic mass is 16.5. The second-order valence-corrected chi connectivity index (χ2v) is 6.93. The van der Waals surface area contributed by atoms with Crippen LogP contribution in [0.2, 0.25) is 0 Å². The zero-order valence-electron chi connectivity index (χ0n) is 15.7. The highest BCUT2D eigenvalue weighted by Gasteiger charge is 2.27. The van der Waals surface area contributed by atoms with E-state index in [0.717, 1.165) is 23.2 Å². The summed E-state index contributed by atoms with van der Waals surface area (Å²) in [7, 11) is 5.00. The van der Waals surface area contributed by atoms with Gasteiger partial charge in [0.1, 0.15) is 0 Å². The molecule has 6 heteroatoms. The van der Waals surface area contributed by atoms with Crippen molar-refractivity contribution < 1.29 is 19.1 Å². The normalized spacial score (nSPS) is 15.4. The van der Waals surface area contributed by atoms with E-state index in [1.165, 1.54) is 5.56 Å². The lowest BCUT2D eigenvalue weighted by Gasteiger charge is -2.30. The van der Waals surface area contributed by atoms with Gasteiger partial charge in [0.05, 0.1) is 20.6 Å². The average Bonchev–Trinajstić information content (AvgIpc) is 2.98. The van der Waals surface area contributed by atoms with Crippen molar-refractivity contribution in [2.24, 2.45) is 0 Å². The van der Waals surface area contributed by atoms with Crippen LogP contribution in [0.25, 0.3) is 0 Å². The molecule has 0 saturated carbocycles. The third-order valence-corrected chi connectivity index (χ3v) is 5.41. The average molecular weight is 366 g/mol. The summed E-state index contributed by atoms with van der Waals surface area (Å²) in [6, 6.07) is 9.46. The molecule has 2 heterocycles. The Morgan fingerprint density at radius 1 is 1.00 bits per heavy atom. The lowest BCUT2D eigenvalue weighted by molar-refractivity contribution is -0.117. The Hall–Kier alpha value is -3.02. The monoisotopic (exact) mass is 366 g/mol. The van der Waals surface area contributed by atoms with E-state index in [4.69, 9.17) is 9.47 Å². The maximum absolute atomic E-state index is 13.0. The number of fused-ring (bicyclic) bond motifs is 2. The van der Waals surface area contributed by atoms with Gasteiger partial charge in [-0.1, -0.05) is 0 Å². The second kappa shape index (κ2) is 6.61. The van der Waals surface area contributed by atoms with Gasteiger partial charge in [-0.2, -0.15) is 0 Å². The van der Waals surface area contributed by atoms with E-state index in [-0.39, 0.29) is 11.8 Å². The number of benzene rings is 2. The number of nitrogens with zero attached hydrogens (tertiary/aromatic N) is 2. The van der Waals surface area contributed by atoms with Crippen LogP contribution in [0, 0.1) is 0 Å². The molecule has 4 rings (SSSR count). The molecule has 0 bridgehead atoms. The summed E-state index contributed by atoms with van der Waals surface area (Å²) in [5.41, 5.74) is 4.68. The SMILES string of the molecule is COc1cc2c(cc1OC)CN(C(=O)c1ccc3c(c1)CC(=O)N3C)CC2. The maximum Gasteiger partial charge on any atom is 0.254 e. The van der Waals surface area contributed by atoms with E-state index < -0.39 is 0 Å². The van der Waals surface area contributed by atoms with E-state index in [0.29, 0.717) is 36.6 Å². The summed E-state index contributed by atoms with van der Waals surface area (Å²) >= 11 is 0. The molecule has 2 aromatic carbocycles. The number of rotatable bonds is 3. The molecule has 2 amide bonds. The Morgan fingerprint density at radius 2 is 1.70 bits per heavy atom. The number of hydrogen-bond acceptors (Lipinski definition) is 4. The molecule has 2 aliphatic heterocycles. The maximum atomic E-state index is 13.0. The number of anilines is 1. The first-order valence-electron chi connectivity index (χ1n) is 8.94. The zero-order chi connectivity index (χ0) is 19.1. The van der Waals surface area contributed by atoms with Crippen LogP contribution in [-0.4, -0.2) is 44.5 Å². The molecular weight excluding hydrogens is 344 g/mol. The number of likely N-dealkylation sites (N-methyl/N-ethyl adjacent to an activating group) is 1. The quantitative estimate of drug-likeness (QED) is 0.837. The Kier molecular flexibility index (Phi) is 4.26. The van der Waals surface area contributed by atoms with Crippen LogP contribution in [-0.2, 0) is 24.2 Å². The van der Waals surface area contributed by atoms with Gasteiger partial charge in [-0.25, -0.2) is 0 Å². The van der Waals surface area contributed by atoms with Crippen LogP contribution < -0.4 is 14.4 Å². The van der Waals surface area contributed by atoms with Crippen molar-refractivity contribution in [1.29, 1.82) is 0 Å². The van der Waals surface area contributed by atoms with E-state index in [9.17, 15) is 9.59 Å². The van der Waals surface area contributed by atoms with E-state index in [1.54, 1.807) is 32.2 Å². The number of carbonyl (C=O) groups is 2. The first-order valence-corrected chi connectivity index (χ1v) is 8.94. The van der Waals surface area contributed by atoms with Gasteiger partial charge < -0.3 is 19.3 Å². The van der Waals surface area contributed by atoms with Gasteiger partial charge >= 0.3 is 0 Å². The van der Waals surface area contributed by atoms with Gasteiger partial charge in [-0.15, -0.1) is 0 Å². The van der Waals surface area contributed by atoms with Crippen molar-refractivity contribution in [2.45, 2.75) is 19.4 Å². The Bertz CT molecular complexity index is 938. The Labute approximate surface area is 158 Å². The molecule has 0 N–H and O–H groups in total. The predicted molar refractivity (Wildman–Crippen MR) is 102 cm³/mol. The van der Waals surface area contributed by atoms with Crippen molar-refractivity contribution in [3.8, 4) is 11.5 Å². The van der Waals surface area contributed by atoms with Crippen LogP contribution in [0.4, 0.5) is 5.69 Å². The molecule has 140 valence electrons. The van der Waals surface area contributed by atoms with Crippen molar-refractivity contribution in [3.63, 3.8) is 0 Å². The third kappa shape index (κ3) is 2.91. The predicted octanol–water partition coefficient (Wildman–Crippen LogP) is 2.42. The molecule has 0 atom stereocenters. The second-order valence-electron chi connectivity index (χ2n) is 6.93. The Morgan fingerprint density at radius 3 is 2.41 bits per heavy atom. The largest absolute Gasteiger partial charge is 0.493 e. The smallest absolute Gasteiger partial charge is 0.254 e. The minimum atomic E-state index is -0.0137. The molecule has 0 saturated heterocycles. The molecule has 0 radical (unpaired) electrons. The molecule has 6 nitrogen and oxygen atoms in total. The number of methoxy groups -OCH3 is 2. The summed E-state index contributed by atoms with van der Waals surface area (Å²) in [5.74, 6) is 1.43. The highest BCUT2D eigenvalue weighted by Crippen LogP contribution is 2.34. The fourth-order valence-electron chi connectivity index (χ4n) is 3.84. The van der Waals surface area contributed by atoms with Crippen LogP contribution in [0.3, 0.4) is 0 Å². The summed E-state index contributed by atoms with van der Waals surface area (Å²) in [6.07, 6.45) is 1.13. The van der Waals surface area contributed by atoms with Crippen molar-refractivity contribution >= 4 is 17.5 Å². The van der Waals surface area contributed by atoms with Gasteiger partial charge in [-0.05, 0) is 53.4 Å². The summed E-state index contributed by atoms with van der Waals surface area (Å²) in [5, 5.41) is 0. The Balaban J connectivity index is 1.58. The van der Waals surface area contributed by atoms with E-state index in [1.807, 2.05) is 29.2 Å². The van der Waals surface area contributed by atoms with E-state index in [2.05, 4.69) is 0 Å². The van der Waals surface area contributed by atoms with Crippen LogP contribution in [0.15, 0.2) is 30.3 Å². The number of ether oxygens (including phenoxy) is 2. The summed E-state index contributed by atoms with van der Waals surface area (Å²) in [6.45, 7) is 1.18. The molecule has 2 aliphatic rings. The first-order chi connectivity index (χ1) is 13.0. The van der Waals surface area contributed by atoms with E-state index >= 15 is 0 Å². The van der Waals surface area contributed by atoms with Gasteiger partial charge in [-0.3, -0.25) is 9.59 Å². The van der Waals surface area contributed by atoms with Crippen molar-refractivity contribution in [1.82, 2.24) is 4.90 Å². The van der Waals surface area contributed by atoms with Crippen molar-refractivity contribution in [2.75, 3.05) is 32.7 Å². The molecule has 27 heavy (non-hydrogen) atoms. The highest BCUT2D eigenvalue weighted by molar-refractivity contribution is 6.03. The van der Waals surface area contributed by atoms with Crippen LogP contribution in [0.5, 0.6) is 11.5 Å². The fraction of sp³-hybridized carbons (Fsp3) is 0.333. The standard InChI is InChI=1S/C21H22N2O4/c1-22-17-5-4-14(8-15(17)11-20(22)24)21(25)23-7-6-13-9-18(26-2)19(27-3)10-16(13)12-23/h4-5,8-10H,6-7,11-12H2,1-3H3. The molecule has 0 fully saturated rings.